The number of rotatable bonds is 3. The van der Waals surface area contributed by atoms with Gasteiger partial charge in [0.2, 0.25) is 0 Å². The van der Waals surface area contributed by atoms with Crippen molar-refractivity contribution in [1.82, 2.24) is 4.90 Å². The van der Waals surface area contributed by atoms with Gasteiger partial charge in [0.25, 0.3) is 0 Å². The zero-order valence-electron chi connectivity index (χ0n) is 12.6. The fraction of sp³-hybridized carbons (Fsp3) is 0.647. The number of hydrogen-bond donors (Lipinski definition) is 1. The van der Waals surface area contributed by atoms with Crippen LogP contribution >= 0.6 is 0 Å². The lowest BCUT2D eigenvalue weighted by atomic mass is 9.77. The van der Waals surface area contributed by atoms with Crippen molar-refractivity contribution in [2.24, 2.45) is 11.8 Å². The smallest absolute Gasteiger partial charge is 0.0700 e. The van der Waals surface area contributed by atoms with Gasteiger partial charge in [-0.25, -0.2) is 0 Å². The summed E-state index contributed by atoms with van der Waals surface area (Å²) in [7, 11) is 2.14. The van der Waals surface area contributed by atoms with E-state index in [4.69, 9.17) is 0 Å². The normalized spacial score (nSPS) is 31.7. The maximum Gasteiger partial charge on any atom is 0.0700 e. The lowest BCUT2D eigenvalue weighted by Crippen LogP contribution is -2.49. The van der Waals surface area contributed by atoms with E-state index in [1.54, 1.807) is 0 Å². The van der Waals surface area contributed by atoms with Crippen molar-refractivity contribution in [3.05, 3.63) is 35.4 Å². The van der Waals surface area contributed by atoms with Crippen molar-refractivity contribution in [3.8, 4) is 0 Å². The summed E-state index contributed by atoms with van der Waals surface area (Å²) in [4.78, 5) is 2.33. The number of aliphatic hydroxyl groups excluding tert-OH is 1. The number of benzene rings is 1. The van der Waals surface area contributed by atoms with Gasteiger partial charge in [-0.15, -0.1) is 0 Å². The van der Waals surface area contributed by atoms with Crippen LogP contribution in [0.5, 0.6) is 0 Å². The van der Waals surface area contributed by atoms with Crippen LogP contribution in [0.2, 0.25) is 0 Å². The molecule has 0 heterocycles. The second-order valence-corrected chi connectivity index (χ2v) is 6.52. The molecule has 1 fully saturated rings. The van der Waals surface area contributed by atoms with Crippen LogP contribution in [0.15, 0.2) is 24.3 Å². The van der Waals surface area contributed by atoms with Crippen LogP contribution < -0.4 is 0 Å². The lowest BCUT2D eigenvalue weighted by Gasteiger charge is -2.42. The third-order valence-corrected chi connectivity index (χ3v) is 4.42. The van der Waals surface area contributed by atoms with Gasteiger partial charge in [0.1, 0.15) is 0 Å². The van der Waals surface area contributed by atoms with Crippen LogP contribution in [0.25, 0.3) is 0 Å². The fourth-order valence-electron chi connectivity index (χ4n) is 3.73. The maximum absolute atomic E-state index is 10.4. The van der Waals surface area contributed by atoms with Crippen molar-refractivity contribution < 1.29 is 5.11 Å². The Hall–Kier alpha value is -0.860. The molecular weight excluding hydrogens is 234 g/mol. The standard InChI is InChI=1S/C17H27NO/c1-12-6-5-7-15(9-12)11-18(4)17-14(3)8-13(2)10-16(17)19/h5-7,9,13-14,16-17,19H,8,10-11H2,1-4H3. The molecule has 4 unspecified atom stereocenters. The van der Waals surface area contributed by atoms with E-state index >= 15 is 0 Å². The van der Waals surface area contributed by atoms with Crippen LogP contribution in [0.1, 0.15) is 37.8 Å². The van der Waals surface area contributed by atoms with E-state index in [-0.39, 0.29) is 12.1 Å². The van der Waals surface area contributed by atoms with Gasteiger partial charge < -0.3 is 5.11 Å². The van der Waals surface area contributed by atoms with E-state index in [0.717, 1.165) is 13.0 Å². The summed E-state index contributed by atoms with van der Waals surface area (Å²) in [5.41, 5.74) is 2.64. The number of likely N-dealkylation sites (N-methyl/N-ethyl adjacent to an activating group) is 1. The molecule has 1 saturated carbocycles. The summed E-state index contributed by atoms with van der Waals surface area (Å²) >= 11 is 0. The first-order chi connectivity index (χ1) is 8.97. The van der Waals surface area contributed by atoms with Gasteiger partial charge in [-0.2, -0.15) is 0 Å². The molecule has 19 heavy (non-hydrogen) atoms. The predicted octanol–water partition coefficient (Wildman–Crippen LogP) is 3.22. The van der Waals surface area contributed by atoms with E-state index in [1.165, 1.54) is 17.5 Å². The Morgan fingerprint density at radius 3 is 2.63 bits per heavy atom. The molecule has 0 bridgehead atoms. The molecule has 1 aromatic rings. The highest BCUT2D eigenvalue weighted by molar-refractivity contribution is 5.22. The van der Waals surface area contributed by atoms with Crippen molar-refractivity contribution >= 4 is 0 Å². The van der Waals surface area contributed by atoms with E-state index < -0.39 is 0 Å². The van der Waals surface area contributed by atoms with E-state index in [2.05, 4.69) is 57.0 Å². The maximum atomic E-state index is 10.4. The van der Waals surface area contributed by atoms with Gasteiger partial charge >= 0.3 is 0 Å². The van der Waals surface area contributed by atoms with Gasteiger partial charge in [0, 0.05) is 12.6 Å². The highest BCUT2D eigenvalue weighted by Crippen LogP contribution is 2.32. The first-order valence-electron chi connectivity index (χ1n) is 7.41. The molecule has 2 nitrogen and oxygen atoms in total. The van der Waals surface area contributed by atoms with Crippen molar-refractivity contribution in [3.63, 3.8) is 0 Å². The van der Waals surface area contributed by atoms with Crippen molar-refractivity contribution in [1.29, 1.82) is 0 Å². The Morgan fingerprint density at radius 1 is 1.26 bits per heavy atom. The van der Waals surface area contributed by atoms with E-state index in [1.807, 2.05) is 0 Å². The van der Waals surface area contributed by atoms with Gasteiger partial charge in [0.05, 0.1) is 6.10 Å². The molecule has 0 radical (unpaired) electrons. The van der Waals surface area contributed by atoms with Crippen LogP contribution in [0, 0.1) is 18.8 Å². The third kappa shape index (κ3) is 3.58. The van der Waals surface area contributed by atoms with Crippen LogP contribution in [-0.4, -0.2) is 29.2 Å². The Kier molecular flexibility index (Phi) is 4.64. The minimum atomic E-state index is -0.187. The van der Waals surface area contributed by atoms with E-state index in [9.17, 15) is 5.11 Å². The van der Waals surface area contributed by atoms with Crippen molar-refractivity contribution in [2.45, 2.75) is 52.3 Å². The zero-order chi connectivity index (χ0) is 14.0. The van der Waals surface area contributed by atoms with Gasteiger partial charge in [0.15, 0.2) is 0 Å². The highest BCUT2D eigenvalue weighted by atomic mass is 16.3. The number of aryl methyl sites for hydroxylation is 1. The molecule has 1 aliphatic carbocycles. The molecule has 0 spiro atoms. The Balaban J connectivity index is 2.04. The molecule has 0 aromatic heterocycles. The third-order valence-electron chi connectivity index (χ3n) is 4.42. The Bertz CT molecular complexity index is 405. The molecule has 106 valence electrons. The second-order valence-electron chi connectivity index (χ2n) is 6.52. The topological polar surface area (TPSA) is 23.5 Å². The minimum absolute atomic E-state index is 0.187. The fourth-order valence-corrected chi connectivity index (χ4v) is 3.73. The molecule has 1 aliphatic rings. The Labute approximate surface area is 117 Å². The van der Waals surface area contributed by atoms with Crippen LogP contribution in [0.3, 0.4) is 0 Å². The highest BCUT2D eigenvalue weighted by Gasteiger charge is 2.35. The predicted molar refractivity (Wildman–Crippen MR) is 80.0 cm³/mol. The summed E-state index contributed by atoms with van der Waals surface area (Å²) in [5, 5.41) is 10.4. The average Bonchev–Trinajstić information content (AvgIpc) is 2.27. The summed E-state index contributed by atoms with van der Waals surface area (Å²) in [6.45, 7) is 7.57. The SMILES string of the molecule is Cc1cccc(CN(C)C2C(C)CC(C)CC2O)c1. The molecule has 1 N–H and O–H groups in total. The average molecular weight is 261 g/mol. The van der Waals surface area contributed by atoms with Crippen LogP contribution in [0.4, 0.5) is 0 Å². The van der Waals surface area contributed by atoms with Gasteiger partial charge in [-0.3, -0.25) is 4.90 Å². The largest absolute Gasteiger partial charge is 0.391 e. The molecular formula is C17H27NO. The molecule has 0 amide bonds. The summed E-state index contributed by atoms with van der Waals surface area (Å²) in [5.74, 6) is 1.21. The summed E-state index contributed by atoms with van der Waals surface area (Å²) < 4.78 is 0. The minimum Gasteiger partial charge on any atom is -0.391 e. The quantitative estimate of drug-likeness (QED) is 0.903. The van der Waals surface area contributed by atoms with Gasteiger partial charge in [-0.1, -0.05) is 43.7 Å². The Morgan fingerprint density at radius 2 is 2.00 bits per heavy atom. The van der Waals surface area contributed by atoms with Gasteiger partial charge in [-0.05, 0) is 44.2 Å². The first kappa shape index (κ1) is 14.5. The van der Waals surface area contributed by atoms with Crippen molar-refractivity contribution in [2.75, 3.05) is 7.05 Å². The molecule has 2 rings (SSSR count). The van der Waals surface area contributed by atoms with E-state index in [0.29, 0.717) is 11.8 Å². The number of nitrogens with zero attached hydrogens (tertiary/aromatic N) is 1. The monoisotopic (exact) mass is 261 g/mol. The first-order valence-corrected chi connectivity index (χ1v) is 7.41. The lowest BCUT2D eigenvalue weighted by molar-refractivity contribution is -0.0170. The molecule has 0 saturated heterocycles. The van der Waals surface area contributed by atoms with Crippen LogP contribution in [-0.2, 0) is 6.54 Å². The molecule has 1 aromatic carbocycles. The molecule has 0 aliphatic heterocycles. The molecule has 4 atom stereocenters. The summed E-state index contributed by atoms with van der Waals surface area (Å²) in [6.07, 6.45) is 1.97. The number of hydrogen-bond acceptors (Lipinski definition) is 2. The summed E-state index contributed by atoms with van der Waals surface area (Å²) in [6, 6.07) is 8.94. The zero-order valence-corrected chi connectivity index (χ0v) is 12.6. The molecule has 2 heteroatoms. The number of aliphatic hydroxyl groups is 1. The second kappa shape index (κ2) is 6.06.